The van der Waals surface area contributed by atoms with E-state index in [1.807, 2.05) is 0 Å². The maximum Gasteiger partial charge on any atom is 0.166 e. The molecule has 0 spiro atoms. The third-order valence-corrected chi connectivity index (χ3v) is 6.65. The third-order valence-electron chi connectivity index (χ3n) is 4.42. The average Bonchev–Trinajstić information content (AvgIpc) is 2.76. The molecule has 2 nitrogen and oxygen atoms in total. The molecular formula is C26H30O2S. The number of carboxylic acids is 1. The highest BCUT2D eigenvalue weighted by molar-refractivity contribution is 7.97. The van der Waals surface area contributed by atoms with Crippen molar-refractivity contribution in [2.75, 3.05) is 0 Å². The van der Waals surface area contributed by atoms with Crippen molar-refractivity contribution in [3.05, 3.63) is 91.0 Å². The quantitative estimate of drug-likeness (QED) is 0.329. The van der Waals surface area contributed by atoms with Crippen LogP contribution in [0, 0.1) is 0 Å². The average molecular weight is 407 g/mol. The molecule has 152 valence electrons. The Labute approximate surface area is 178 Å². The molecule has 0 bridgehead atoms. The summed E-state index contributed by atoms with van der Waals surface area (Å²) in [4.78, 5) is 14.0. The van der Waals surface area contributed by atoms with E-state index < -0.39 is 5.97 Å². The molecule has 3 aromatic carbocycles. The molecule has 0 saturated heterocycles. The van der Waals surface area contributed by atoms with Gasteiger partial charge in [-0.15, -0.1) is 0 Å². The fourth-order valence-electron chi connectivity index (χ4n) is 2.95. The highest BCUT2D eigenvalue weighted by Crippen LogP contribution is 2.30. The van der Waals surface area contributed by atoms with Gasteiger partial charge in [0.05, 0.1) is 10.9 Å². The lowest BCUT2D eigenvalue weighted by atomic mass is 10.1. The van der Waals surface area contributed by atoms with Gasteiger partial charge in [-0.25, -0.2) is 0 Å². The van der Waals surface area contributed by atoms with Crippen LogP contribution in [-0.2, 0) is 15.7 Å². The molecule has 0 saturated carbocycles. The first-order valence-corrected chi connectivity index (χ1v) is 11.5. The smallest absolute Gasteiger partial charge is 0.166 e. The Bertz CT molecular complexity index is 710. The zero-order chi connectivity index (χ0) is 20.7. The van der Waals surface area contributed by atoms with Crippen LogP contribution in [0.5, 0.6) is 0 Å². The van der Waals surface area contributed by atoms with Gasteiger partial charge in [-0.05, 0) is 49.2 Å². The monoisotopic (exact) mass is 406 g/mol. The van der Waals surface area contributed by atoms with Crippen LogP contribution in [0.15, 0.2) is 106 Å². The fourth-order valence-corrected chi connectivity index (χ4v) is 5.06. The lowest BCUT2D eigenvalue weighted by Crippen LogP contribution is -2.21. The van der Waals surface area contributed by atoms with Crippen LogP contribution in [-0.4, -0.2) is 5.97 Å². The fraction of sp³-hybridized carbons (Fsp3) is 0.269. The van der Waals surface area contributed by atoms with Gasteiger partial charge in [-0.1, -0.05) is 87.2 Å². The van der Waals surface area contributed by atoms with Crippen molar-refractivity contribution in [2.45, 2.75) is 60.1 Å². The number of carbonyl (C=O) groups excluding carboxylic acids is 1. The maximum absolute atomic E-state index is 9.92. The first-order chi connectivity index (χ1) is 14.2. The van der Waals surface area contributed by atoms with Gasteiger partial charge in [0, 0.05) is 5.97 Å². The molecule has 0 unspecified atom stereocenters. The minimum Gasteiger partial charge on any atom is -0.550 e. The summed E-state index contributed by atoms with van der Waals surface area (Å²) in [5.74, 6) is -0.920. The second-order valence-corrected chi connectivity index (χ2v) is 8.81. The predicted octanol–water partition coefficient (Wildman–Crippen LogP) is 5.88. The molecule has 0 aliphatic carbocycles. The number of hydrogen-bond acceptors (Lipinski definition) is 2. The number of benzene rings is 3. The van der Waals surface area contributed by atoms with E-state index in [-0.39, 0.29) is 17.3 Å². The summed E-state index contributed by atoms with van der Waals surface area (Å²) in [5.41, 5.74) is 0. The van der Waals surface area contributed by atoms with Crippen molar-refractivity contribution in [3.8, 4) is 0 Å². The third kappa shape index (κ3) is 8.57. The molecule has 0 aromatic heterocycles. The number of hydrogen-bond donors (Lipinski definition) is 0. The van der Waals surface area contributed by atoms with Gasteiger partial charge >= 0.3 is 0 Å². The highest BCUT2D eigenvalue weighted by atomic mass is 32.2. The van der Waals surface area contributed by atoms with E-state index in [9.17, 15) is 9.90 Å². The Balaban J connectivity index is 0.000000257. The van der Waals surface area contributed by atoms with E-state index >= 15 is 0 Å². The predicted molar refractivity (Wildman–Crippen MR) is 120 cm³/mol. The van der Waals surface area contributed by atoms with Crippen molar-refractivity contribution in [2.24, 2.45) is 0 Å². The van der Waals surface area contributed by atoms with Crippen LogP contribution in [0.25, 0.3) is 0 Å². The van der Waals surface area contributed by atoms with Gasteiger partial charge < -0.3 is 9.90 Å². The van der Waals surface area contributed by atoms with Gasteiger partial charge in [0.25, 0.3) is 0 Å². The molecule has 0 atom stereocenters. The maximum atomic E-state index is 9.92. The lowest BCUT2D eigenvalue weighted by molar-refractivity contribution is -0.305. The number of rotatable bonds is 9. The van der Waals surface area contributed by atoms with Gasteiger partial charge in [0.1, 0.15) is 0 Å². The van der Waals surface area contributed by atoms with E-state index in [1.54, 1.807) is 0 Å². The Hall–Kier alpha value is -2.52. The number of carboxylic acid groups (broad SMARTS) is 1. The van der Waals surface area contributed by atoms with Gasteiger partial charge in [-0.2, -0.15) is 0 Å². The highest BCUT2D eigenvalue weighted by Gasteiger charge is 2.27. The van der Waals surface area contributed by atoms with Gasteiger partial charge in [0.15, 0.2) is 14.7 Å². The molecule has 3 rings (SSSR count). The zero-order valence-corrected chi connectivity index (χ0v) is 17.9. The minimum absolute atomic E-state index is 0.0146. The largest absolute Gasteiger partial charge is 0.550 e. The molecular weight excluding hydrogens is 376 g/mol. The van der Waals surface area contributed by atoms with E-state index in [0.717, 1.165) is 19.3 Å². The first kappa shape index (κ1) is 22.8. The number of unbranched alkanes of at least 4 members (excludes halogenated alkanes) is 4. The lowest BCUT2D eigenvalue weighted by Gasteiger charge is -2.07. The molecule has 0 aliphatic heterocycles. The van der Waals surface area contributed by atoms with Crippen LogP contribution in [0.1, 0.15) is 45.4 Å². The summed E-state index contributed by atoms with van der Waals surface area (Å²) in [7, 11) is -0.0146. The molecule has 3 heteroatoms. The summed E-state index contributed by atoms with van der Waals surface area (Å²) in [6, 6.07) is 32.2. The Morgan fingerprint density at radius 1 is 0.655 bits per heavy atom. The van der Waals surface area contributed by atoms with Crippen molar-refractivity contribution < 1.29 is 9.90 Å². The van der Waals surface area contributed by atoms with Gasteiger partial charge in [0.2, 0.25) is 0 Å². The second-order valence-electron chi connectivity index (χ2n) is 6.78. The summed E-state index contributed by atoms with van der Waals surface area (Å²) < 4.78 is 0. The normalized spacial score (nSPS) is 10.3. The molecule has 0 N–H and O–H groups in total. The molecule has 3 aromatic rings. The van der Waals surface area contributed by atoms with Gasteiger partial charge in [-0.3, -0.25) is 0 Å². The van der Waals surface area contributed by atoms with Crippen LogP contribution < -0.4 is 5.11 Å². The van der Waals surface area contributed by atoms with Crippen molar-refractivity contribution in [1.82, 2.24) is 0 Å². The Kier molecular flexibility index (Phi) is 10.7. The van der Waals surface area contributed by atoms with Crippen molar-refractivity contribution in [3.63, 3.8) is 0 Å². The summed E-state index contributed by atoms with van der Waals surface area (Å²) in [6.07, 6.45) is 5.61. The van der Waals surface area contributed by atoms with Crippen LogP contribution in [0.3, 0.4) is 0 Å². The first-order valence-electron chi connectivity index (χ1n) is 10.3. The minimum atomic E-state index is -0.920. The van der Waals surface area contributed by atoms with Crippen molar-refractivity contribution in [1.29, 1.82) is 0 Å². The van der Waals surface area contributed by atoms with E-state index in [4.69, 9.17) is 0 Å². The topological polar surface area (TPSA) is 40.1 Å². The Morgan fingerprint density at radius 3 is 1.38 bits per heavy atom. The summed E-state index contributed by atoms with van der Waals surface area (Å²) in [5, 5.41) is 9.92. The standard InChI is InChI=1S/C18H15S.C8H16O2/c1-4-10-16(11-5-1)19(17-12-6-2-7-13-17)18-14-8-3-9-15-18;1-2-3-4-5-6-7-8(9)10/h1-15H;2-7H2,1H3,(H,9,10)/q+1;/p-1. The van der Waals surface area contributed by atoms with E-state index in [1.165, 1.54) is 27.5 Å². The summed E-state index contributed by atoms with van der Waals surface area (Å²) >= 11 is 0. The molecule has 0 heterocycles. The van der Waals surface area contributed by atoms with Crippen LogP contribution in [0.4, 0.5) is 0 Å². The zero-order valence-electron chi connectivity index (χ0n) is 17.1. The second kappa shape index (κ2) is 13.6. The number of aliphatic carboxylic acids is 1. The summed E-state index contributed by atoms with van der Waals surface area (Å²) in [6.45, 7) is 2.14. The molecule has 0 fully saturated rings. The van der Waals surface area contributed by atoms with Crippen LogP contribution in [0.2, 0.25) is 0 Å². The van der Waals surface area contributed by atoms with E-state index in [0.29, 0.717) is 0 Å². The Morgan fingerprint density at radius 2 is 1.03 bits per heavy atom. The molecule has 0 radical (unpaired) electrons. The number of carbonyl (C=O) groups is 1. The van der Waals surface area contributed by atoms with E-state index in [2.05, 4.69) is 97.9 Å². The molecule has 29 heavy (non-hydrogen) atoms. The molecule has 0 aliphatic rings. The van der Waals surface area contributed by atoms with Crippen molar-refractivity contribution >= 4 is 16.9 Å². The SMILES string of the molecule is CCCCCCCC(=O)[O-].c1ccc([S+](c2ccccc2)c2ccccc2)cc1. The van der Waals surface area contributed by atoms with Crippen LogP contribution >= 0.6 is 0 Å². The molecule has 0 amide bonds.